The number of allylic oxidation sites excluding steroid dienone is 1. The van der Waals surface area contributed by atoms with Gasteiger partial charge in [-0.1, -0.05) is 13.0 Å². The molecule has 0 aliphatic carbocycles. The van der Waals surface area contributed by atoms with Gasteiger partial charge in [-0.15, -0.1) is 6.58 Å². The molecule has 3 nitrogen and oxygen atoms in total. The van der Waals surface area contributed by atoms with Crippen molar-refractivity contribution >= 4 is 0 Å². The van der Waals surface area contributed by atoms with Crippen molar-refractivity contribution in [2.75, 3.05) is 13.1 Å². The van der Waals surface area contributed by atoms with E-state index in [-0.39, 0.29) is 0 Å². The summed E-state index contributed by atoms with van der Waals surface area (Å²) in [5.41, 5.74) is 3.79. The molecule has 15 heavy (non-hydrogen) atoms. The Balaban J connectivity index is 2.73. The third-order valence-electron chi connectivity index (χ3n) is 2.64. The highest BCUT2D eigenvalue weighted by molar-refractivity contribution is 5.25. The predicted molar refractivity (Wildman–Crippen MR) is 64.1 cm³/mol. The van der Waals surface area contributed by atoms with Crippen molar-refractivity contribution in [3.63, 3.8) is 0 Å². The second-order valence-corrected chi connectivity index (χ2v) is 3.72. The Hall–Kier alpha value is -1.09. The van der Waals surface area contributed by atoms with Crippen molar-refractivity contribution in [3.05, 3.63) is 29.6 Å². The Morgan fingerprint density at radius 1 is 1.47 bits per heavy atom. The van der Waals surface area contributed by atoms with E-state index in [1.54, 1.807) is 0 Å². The topological polar surface area (TPSA) is 29.9 Å². The summed E-state index contributed by atoms with van der Waals surface area (Å²) in [4.78, 5) is 0. The maximum absolute atomic E-state index is 4.50. The van der Waals surface area contributed by atoms with E-state index in [2.05, 4.69) is 37.8 Å². The lowest BCUT2D eigenvalue weighted by molar-refractivity contribution is 0.670. The number of hydrogen-bond acceptors (Lipinski definition) is 2. The highest BCUT2D eigenvalue weighted by Gasteiger charge is 2.09. The van der Waals surface area contributed by atoms with E-state index in [0.29, 0.717) is 0 Å². The minimum absolute atomic E-state index is 0.799. The average molecular weight is 207 g/mol. The van der Waals surface area contributed by atoms with Gasteiger partial charge in [0.15, 0.2) is 0 Å². The van der Waals surface area contributed by atoms with Crippen molar-refractivity contribution in [1.29, 1.82) is 0 Å². The standard InChI is InChI=1S/C12H21N3/c1-5-9-15-11(4)12(10(3)14-15)7-8-13-6-2/h5,13H,1,6-9H2,2-4H3. The second-order valence-electron chi connectivity index (χ2n) is 3.72. The molecule has 1 heterocycles. The monoisotopic (exact) mass is 207 g/mol. The molecular formula is C12H21N3. The third kappa shape index (κ3) is 2.93. The molecule has 3 heteroatoms. The highest BCUT2D eigenvalue weighted by atomic mass is 15.3. The largest absolute Gasteiger partial charge is 0.317 e. The second kappa shape index (κ2) is 5.71. The molecule has 0 unspecified atom stereocenters. The van der Waals surface area contributed by atoms with Crippen molar-refractivity contribution < 1.29 is 0 Å². The quantitative estimate of drug-likeness (QED) is 0.570. The van der Waals surface area contributed by atoms with Crippen LogP contribution < -0.4 is 5.32 Å². The molecule has 0 aromatic carbocycles. The van der Waals surface area contributed by atoms with E-state index in [1.807, 2.05) is 10.8 Å². The normalized spacial score (nSPS) is 10.6. The summed E-state index contributed by atoms with van der Waals surface area (Å²) in [5, 5.41) is 7.83. The molecule has 0 saturated heterocycles. The molecule has 0 fully saturated rings. The van der Waals surface area contributed by atoms with Crippen LogP contribution in [0.4, 0.5) is 0 Å². The zero-order chi connectivity index (χ0) is 11.3. The summed E-state index contributed by atoms with van der Waals surface area (Å²) in [6.45, 7) is 12.9. The first-order chi connectivity index (χ1) is 7.20. The molecule has 1 N–H and O–H groups in total. The number of aryl methyl sites for hydroxylation is 1. The molecule has 0 aliphatic rings. The minimum Gasteiger partial charge on any atom is -0.317 e. The van der Waals surface area contributed by atoms with Gasteiger partial charge >= 0.3 is 0 Å². The van der Waals surface area contributed by atoms with Crippen LogP contribution in [0.3, 0.4) is 0 Å². The molecule has 0 aliphatic heterocycles. The molecule has 0 amide bonds. The zero-order valence-electron chi connectivity index (χ0n) is 10.0. The van der Waals surface area contributed by atoms with Gasteiger partial charge in [-0.3, -0.25) is 4.68 Å². The van der Waals surface area contributed by atoms with Crippen LogP contribution in [-0.4, -0.2) is 22.9 Å². The summed E-state index contributed by atoms with van der Waals surface area (Å²) < 4.78 is 2.02. The van der Waals surface area contributed by atoms with Crippen LogP contribution in [-0.2, 0) is 13.0 Å². The van der Waals surface area contributed by atoms with Crippen LogP contribution in [0.5, 0.6) is 0 Å². The third-order valence-corrected chi connectivity index (χ3v) is 2.64. The fraction of sp³-hybridized carbons (Fsp3) is 0.583. The van der Waals surface area contributed by atoms with Crippen LogP contribution in [0, 0.1) is 13.8 Å². The molecular weight excluding hydrogens is 186 g/mol. The van der Waals surface area contributed by atoms with E-state index in [0.717, 1.165) is 31.7 Å². The molecule has 0 bridgehead atoms. The maximum Gasteiger partial charge on any atom is 0.0629 e. The number of aromatic nitrogens is 2. The number of rotatable bonds is 6. The predicted octanol–water partition coefficient (Wildman–Crippen LogP) is 1.84. The average Bonchev–Trinajstić information content (AvgIpc) is 2.46. The smallest absolute Gasteiger partial charge is 0.0629 e. The van der Waals surface area contributed by atoms with Crippen LogP contribution in [0.25, 0.3) is 0 Å². The van der Waals surface area contributed by atoms with Crippen LogP contribution in [0.15, 0.2) is 12.7 Å². The first kappa shape index (κ1) is 12.0. The van der Waals surface area contributed by atoms with Gasteiger partial charge in [-0.25, -0.2) is 0 Å². The Labute approximate surface area is 92.2 Å². The van der Waals surface area contributed by atoms with Gasteiger partial charge in [-0.05, 0) is 38.9 Å². The Morgan fingerprint density at radius 2 is 2.20 bits per heavy atom. The van der Waals surface area contributed by atoms with E-state index in [1.165, 1.54) is 11.3 Å². The number of nitrogens with zero attached hydrogens (tertiary/aromatic N) is 2. The molecule has 1 aromatic heterocycles. The summed E-state index contributed by atoms with van der Waals surface area (Å²) in [7, 11) is 0. The molecule has 0 spiro atoms. The maximum atomic E-state index is 4.50. The first-order valence-electron chi connectivity index (χ1n) is 5.55. The van der Waals surface area contributed by atoms with Crippen LogP contribution >= 0.6 is 0 Å². The lowest BCUT2D eigenvalue weighted by atomic mass is 10.1. The SMILES string of the molecule is C=CCn1nc(C)c(CCNCC)c1C. The van der Waals surface area contributed by atoms with Gasteiger partial charge in [0.25, 0.3) is 0 Å². The Bertz CT molecular complexity index is 326. The molecule has 0 saturated carbocycles. The Kier molecular flexibility index (Phi) is 4.56. The van der Waals surface area contributed by atoms with E-state index in [9.17, 15) is 0 Å². The zero-order valence-corrected chi connectivity index (χ0v) is 10.0. The number of likely N-dealkylation sites (N-methyl/N-ethyl adjacent to an activating group) is 1. The molecule has 0 atom stereocenters. The molecule has 84 valence electrons. The van der Waals surface area contributed by atoms with Gasteiger partial charge in [0.1, 0.15) is 0 Å². The lowest BCUT2D eigenvalue weighted by Gasteiger charge is -2.03. The summed E-state index contributed by atoms with van der Waals surface area (Å²) in [6, 6.07) is 0. The summed E-state index contributed by atoms with van der Waals surface area (Å²) in [6.07, 6.45) is 2.94. The first-order valence-corrected chi connectivity index (χ1v) is 5.55. The minimum atomic E-state index is 0.799. The molecule has 1 aromatic rings. The number of hydrogen-bond donors (Lipinski definition) is 1. The van der Waals surface area contributed by atoms with Crippen LogP contribution in [0.1, 0.15) is 23.9 Å². The van der Waals surface area contributed by atoms with Gasteiger partial charge in [-0.2, -0.15) is 5.10 Å². The van der Waals surface area contributed by atoms with Crippen molar-refractivity contribution in [3.8, 4) is 0 Å². The van der Waals surface area contributed by atoms with Crippen molar-refractivity contribution in [2.24, 2.45) is 0 Å². The van der Waals surface area contributed by atoms with E-state index >= 15 is 0 Å². The summed E-state index contributed by atoms with van der Waals surface area (Å²) >= 11 is 0. The van der Waals surface area contributed by atoms with Crippen molar-refractivity contribution in [1.82, 2.24) is 15.1 Å². The molecule has 1 rings (SSSR count). The van der Waals surface area contributed by atoms with Gasteiger partial charge in [0.2, 0.25) is 0 Å². The van der Waals surface area contributed by atoms with Gasteiger partial charge in [0.05, 0.1) is 12.2 Å². The van der Waals surface area contributed by atoms with Gasteiger partial charge < -0.3 is 5.32 Å². The highest BCUT2D eigenvalue weighted by Crippen LogP contribution is 2.13. The summed E-state index contributed by atoms with van der Waals surface area (Å²) in [5.74, 6) is 0. The van der Waals surface area contributed by atoms with Crippen molar-refractivity contribution in [2.45, 2.75) is 33.7 Å². The van der Waals surface area contributed by atoms with Gasteiger partial charge in [0, 0.05) is 5.69 Å². The van der Waals surface area contributed by atoms with E-state index < -0.39 is 0 Å². The van der Waals surface area contributed by atoms with E-state index in [4.69, 9.17) is 0 Å². The lowest BCUT2D eigenvalue weighted by Crippen LogP contribution is -2.16. The Morgan fingerprint density at radius 3 is 2.80 bits per heavy atom. The number of nitrogens with one attached hydrogen (secondary N) is 1. The fourth-order valence-electron chi connectivity index (χ4n) is 1.79. The van der Waals surface area contributed by atoms with Crippen LogP contribution in [0.2, 0.25) is 0 Å². The molecule has 0 radical (unpaired) electrons. The fourth-order valence-corrected chi connectivity index (χ4v) is 1.79.